The van der Waals surface area contributed by atoms with Gasteiger partial charge in [-0.05, 0) is 44.7 Å². The van der Waals surface area contributed by atoms with E-state index in [1.807, 2.05) is 13.0 Å². The van der Waals surface area contributed by atoms with Crippen LogP contribution in [0.5, 0.6) is 0 Å². The summed E-state index contributed by atoms with van der Waals surface area (Å²) in [4.78, 5) is 30.0. The quantitative estimate of drug-likeness (QED) is 0.789. The molecular weight excluding hydrogens is 348 g/mol. The van der Waals surface area contributed by atoms with Crippen molar-refractivity contribution in [3.63, 3.8) is 0 Å². The third kappa shape index (κ3) is 5.56. The third-order valence-electron chi connectivity index (χ3n) is 4.91. The minimum Gasteiger partial charge on any atom is -0.450 e. The monoisotopic (exact) mass is 376 g/mol. The van der Waals surface area contributed by atoms with E-state index in [0.717, 1.165) is 38.1 Å². The smallest absolute Gasteiger partial charge is 0.409 e. The molecule has 0 bridgehead atoms. The molecule has 1 unspecified atom stereocenters. The van der Waals surface area contributed by atoms with Crippen molar-refractivity contribution in [3.8, 4) is 0 Å². The first-order chi connectivity index (χ1) is 13.2. The second-order valence-corrected chi connectivity index (χ2v) is 6.88. The molecule has 0 saturated carbocycles. The average molecular weight is 376 g/mol. The normalized spacial score (nSPS) is 20.3. The lowest BCUT2D eigenvalue weighted by Gasteiger charge is -2.31. The number of aromatic nitrogens is 1. The van der Waals surface area contributed by atoms with Crippen LogP contribution in [0.25, 0.3) is 0 Å². The van der Waals surface area contributed by atoms with Gasteiger partial charge in [-0.25, -0.2) is 9.78 Å². The van der Waals surface area contributed by atoms with Gasteiger partial charge in [-0.15, -0.1) is 0 Å². The Labute approximate surface area is 159 Å². The van der Waals surface area contributed by atoms with Crippen LogP contribution in [-0.4, -0.2) is 66.9 Å². The number of piperidine rings is 1. The Morgan fingerprint density at radius 3 is 2.74 bits per heavy atom. The predicted molar refractivity (Wildman–Crippen MR) is 101 cm³/mol. The maximum absolute atomic E-state index is 12.2. The van der Waals surface area contributed by atoms with Gasteiger partial charge in [-0.3, -0.25) is 4.79 Å². The average Bonchev–Trinajstić information content (AvgIpc) is 3.21. The molecule has 148 valence electrons. The summed E-state index contributed by atoms with van der Waals surface area (Å²) in [6.07, 6.45) is 5.20. The number of likely N-dealkylation sites (tertiary alicyclic amines) is 1. The number of rotatable bonds is 6. The van der Waals surface area contributed by atoms with Crippen molar-refractivity contribution in [2.24, 2.45) is 0 Å². The van der Waals surface area contributed by atoms with Gasteiger partial charge in [0.1, 0.15) is 5.82 Å². The molecule has 2 fully saturated rings. The molecule has 1 atom stereocenters. The predicted octanol–water partition coefficient (Wildman–Crippen LogP) is 2.02. The van der Waals surface area contributed by atoms with Gasteiger partial charge in [0.05, 0.1) is 18.3 Å². The van der Waals surface area contributed by atoms with Crippen LogP contribution in [0.4, 0.5) is 10.6 Å². The van der Waals surface area contributed by atoms with E-state index in [0.29, 0.717) is 31.8 Å². The fourth-order valence-electron chi connectivity index (χ4n) is 3.36. The molecule has 0 spiro atoms. The molecule has 2 N–H and O–H groups in total. The number of nitrogens with zero attached hydrogens (tertiary/aromatic N) is 2. The molecule has 2 amide bonds. The van der Waals surface area contributed by atoms with E-state index in [9.17, 15) is 9.59 Å². The van der Waals surface area contributed by atoms with Crippen molar-refractivity contribution >= 4 is 17.8 Å². The van der Waals surface area contributed by atoms with Gasteiger partial charge in [0, 0.05) is 38.5 Å². The van der Waals surface area contributed by atoms with Crippen molar-refractivity contribution in [2.75, 3.05) is 38.2 Å². The summed E-state index contributed by atoms with van der Waals surface area (Å²) in [5.41, 5.74) is 0.538. The Morgan fingerprint density at radius 2 is 2.11 bits per heavy atom. The van der Waals surface area contributed by atoms with Crippen LogP contribution in [0, 0.1) is 0 Å². The van der Waals surface area contributed by atoms with E-state index in [2.05, 4.69) is 15.6 Å². The highest BCUT2D eigenvalue weighted by Crippen LogP contribution is 2.16. The number of amides is 2. The highest BCUT2D eigenvalue weighted by molar-refractivity contribution is 5.94. The fourth-order valence-corrected chi connectivity index (χ4v) is 3.36. The summed E-state index contributed by atoms with van der Waals surface area (Å²) in [5.74, 6) is 0.604. The van der Waals surface area contributed by atoms with E-state index in [4.69, 9.17) is 9.47 Å². The van der Waals surface area contributed by atoms with E-state index >= 15 is 0 Å². The van der Waals surface area contributed by atoms with Gasteiger partial charge in [0.25, 0.3) is 5.91 Å². The summed E-state index contributed by atoms with van der Waals surface area (Å²) in [5, 5.41) is 6.27. The van der Waals surface area contributed by atoms with Gasteiger partial charge >= 0.3 is 6.09 Å². The first-order valence-corrected chi connectivity index (χ1v) is 9.69. The van der Waals surface area contributed by atoms with Crippen molar-refractivity contribution in [1.82, 2.24) is 15.2 Å². The number of pyridine rings is 1. The Kier molecular flexibility index (Phi) is 6.86. The minimum absolute atomic E-state index is 0.128. The van der Waals surface area contributed by atoms with Gasteiger partial charge < -0.3 is 25.0 Å². The highest BCUT2D eigenvalue weighted by atomic mass is 16.6. The molecule has 0 aromatic carbocycles. The zero-order chi connectivity index (χ0) is 19.1. The molecule has 0 aliphatic carbocycles. The van der Waals surface area contributed by atoms with E-state index in [1.165, 1.54) is 0 Å². The van der Waals surface area contributed by atoms with Crippen LogP contribution < -0.4 is 10.6 Å². The summed E-state index contributed by atoms with van der Waals surface area (Å²) < 4.78 is 10.5. The lowest BCUT2D eigenvalue weighted by molar-refractivity contribution is 0.0857. The first-order valence-electron chi connectivity index (χ1n) is 9.69. The van der Waals surface area contributed by atoms with Crippen molar-refractivity contribution in [1.29, 1.82) is 0 Å². The number of hydrogen-bond donors (Lipinski definition) is 2. The molecular formula is C19H28N4O4. The lowest BCUT2D eigenvalue weighted by Crippen LogP contribution is -2.42. The Balaban J connectivity index is 1.42. The van der Waals surface area contributed by atoms with Crippen LogP contribution in [0.3, 0.4) is 0 Å². The van der Waals surface area contributed by atoms with Gasteiger partial charge in [-0.2, -0.15) is 0 Å². The van der Waals surface area contributed by atoms with Crippen LogP contribution in [0.15, 0.2) is 18.3 Å². The SMILES string of the molecule is CCOC(=O)N1CCC(Nc2ccc(C(=O)NCC3CCCO3)cn2)CC1. The maximum atomic E-state index is 12.2. The molecule has 2 aliphatic rings. The molecule has 3 rings (SSSR count). The lowest BCUT2D eigenvalue weighted by atomic mass is 10.1. The van der Waals surface area contributed by atoms with Crippen LogP contribution in [-0.2, 0) is 9.47 Å². The molecule has 2 saturated heterocycles. The van der Waals surface area contributed by atoms with Crippen LogP contribution in [0.2, 0.25) is 0 Å². The largest absolute Gasteiger partial charge is 0.450 e. The minimum atomic E-state index is -0.243. The first kappa shape index (κ1) is 19.4. The standard InChI is InChI=1S/C19H28N4O4/c1-2-26-19(25)23-9-7-15(8-10-23)22-17-6-5-14(12-20-17)18(24)21-13-16-4-3-11-27-16/h5-6,12,15-16H,2-4,7-11,13H2,1H3,(H,20,22)(H,21,24). The van der Waals surface area contributed by atoms with Gasteiger partial charge in [-0.1, -0.05) is 0 Å². The van der Waals surface area contributed by atoms with Crippen molar-refractivity contribution in [2.45, 2.75) is 44.8 Å². The summed E-state index contributed by atoms with van der Waals surface area (Å²) in [6.45, 7) is 4.86. The van der Waals surface area contributed by atoms with Crippen molar-refractivity contribution in [3.05, 3.63) is 23.9 Å². The zero-order valence-corrected chi connectivity index (χ0v) is 15.8. The Bertz CT molecular complexity index is 623. The number of nitrogens with one attached hydrogen (secondary N) is 2. The topological polar surface area (TPSA) is 92.8 Å². The molecule has 1 aromatic heterocycles. The van der Waals surface area contributed by atoms with Gasteiger partial charge in [0.2, 0.25) is 0 Å². The number of anilines is 1. The number of carbonyl (C=O) groups is 2. The van der Waals surface area contributed by atoms with Crippen LogP contribution in [0.1, 0.15) is 43.0 Å². The van der Waals surface area contributed by atoms with E-state index < -0.39 is 0 Å². The third-order valence-corrected chi connectivity index (χ3v) is 4.91. The molecule has 2 aliphatic heterocycles. The number of carbonyl (C=O) groups excluding carboxylic acids is 2. The number of ether oxygens (including phenoxy) is 2. The molecule has 8 nitrogen and oxygen atoms in total. The Morgan fingerprint density at radius 1 is 1.30 bits per heavy atom. The molecule has 27 heavy (non-hydrogen) atoms. The molecule has 1 aromatic rings. The maximum Gasteiger partial charge on any atom is 0.409 e. The van der Waals surface area contributed by atoms with E-state index in [-0.39, 0.29) is 24.1 Å². The van der Waals surface area contributed by atoms with Gasteiger partial charge in [0.15, 0.2) is 0 Å². The molecule has 8 heteroatoms. The van der Waals surface area contributed by atoms with E-state index in [1.54, 1.807) is 17.2 Å². The van der Waals surface area contributed by atoms with Crippen molar-refractivity contribution < 1.29 is 19.1 Å². The second kappa shape index (κ2) is 9.55. The van der Waals surface area contributed by atoms with Crippen LogP contribution >= 0.6 is 0 Å². The summed E-state index contributed by atoms with van der Waals surface area (Å²) in [7, 11) is 0. The molecule has 3 heterocycles. The summed E-state index contributed by atoms with van der Waals surface area (Å²) >= 11 is 0. The Hall–Kier alpha value is -2.35. The summed E-state index contributed by atoms with van der Waals surface area (Å²) in [6, 6.07) is 3.84. The second-order valence-electron chi connectivity index (χ2n) is 6.88. The molecule has 0 radical (unpaired) electrons. The fraction of sp³-hybridized carbons (Fsp3) is 0.632. The zero-order valence-electron chi connectivity index (χ0n) is 15.8. The number of hydrogen-bond acceptors (Lipinski definition) is 6. The highest BCUT2D eigenvalue weighted by Gasteiger charge is 2.23.